The fraction of sp³-hybridized carbons (Fsp3) is 0.250. The summed E-state index contributed by atoms with van der Waals surface area (Å²) < 4.78 is 13.4. The van der Waals surface area contributed by atoms with Gasteiger partial charge in [-0.3, -0.25) is 0 Å². The van der Waals surface area contributed by atoms with E-state index in [1.54, 1.807) is 6.07 Å². The SMILES string of the molecule is Fc1ccc(Cl)c(CC(CCl)(CCl)c2ccccc2)c1. The monoisotopic (exact) mass is 330 g/mol. The molecule has 0 aliphatic rings. The predicted molar refractivity (Wildman–Crippen MR) is 84.7 cm³/mol. The van der Waals surface area contributed by atoms with E-state index in [0.29, 0.717) is 23.2 Å². The minimum Gasteiger partial charge on any atom is -0.207 e. The van der Waals surface area contributed by atoms with Crippen LogP contribution in [0.3, 0.4) is 0 Å². The van der Waals surface area contributed by atoms with Crippen molar-refractivity contribution >= 4 is 34.8 Å². The molecule has 2 aromatic carbocycles. The molecule has 0 heterocycles. The molecule has 0 bridgehead atoms. The molecule has 0 amide bonds. The Kier molecular flexibility index (Phi) is 5.31. The molecule has 2 aromatic rings. The van der Waals surface area contributed by atoms with Gasteiger partial charge in [0.05, 0.1) is 0 Å². The summed E-state index contributed by atoms with van der Waals surface area (Å²) in [6, 6.07) is 14.1. The zero-order valence-electron chi connectivity index (χ0n) is 10.8. The molecule has 0 saturated heterocycles. The van der Waals surface area contributed by atoms with Gasteiger partial charge in [-0.05, 0) is 35.7 Å². The minimum atomic E-state index is -0.457. The number of hydrogen-bond donors (Lipinski definition) is 0. The summed E-state index contributed by atoms with van der Waals surface area (Å²) in [5.41, 5.74) is 1.30. The lowest BCUT2D eigenvalue weighted by molar-refractivity contribution is 0.533. The van der Waals surface area contributed by atoms with Crippen molar-refractivity contribution in [3.8, 4) is 0 Å². The zero-order valence-corrected chi connectivity index (χ0v) is 13.0. The molecular formula is C16H14Cl3F. The van der Waals surface area contributed by atoms with Crippen molar-refractivity contribution in [1.82, 2.24) is 0 Å². The van der Waals surface area contributed by atoms with Gasteiger partial charge in [0.1, 0.15) is 5.82 Å². The van der Waals surface area contributed by atoms with E-state index in [9.17, 15) is 4.39 Å². The van der Waals surface area contributed by atoms with Crippen molar-refractivity contribution in [2.24, 2.45) is 0 Å². The van der Waals surface area contributed by atoms with Crippen molar-refractivity contribution in [2.45, 2.75) is 11.8 Å². The fourth-order valence-corrected chi connectivity index (χ4v) is 3.19. The summed E-state index contributed by atoms with van der Waals surface area (Å²) in [5.74, 6) is 0.372. The third kappa shape index (κ3) is 3.28. The van der Waals surface area contributed by atoms with Gasteiger partial charge < -0.3 is 0 Å². The van der Waals surface area contributed by atoms with Crippen LogP contribution in [0.4, 0.5) is 4.39 Å². The van der Waals surface area contributed by atoms with Crippen molar-refractivity contribution in [3.63, 3.8) is 0 Å². The van der Waals surface area contributed by atoms with Gasteiger partial charge in [-0.2, -0.15) is 0 Å². The molecule has 106 valence electrons. The summed E-state index contributed by atoms with van der Waals surface area (Å²) in [7, 11) is 0. The fourth-order valence-electron chi connectivity index (χ4n) is 2.22. The highest BCUT2D eigenvalue weighted by molar-refractivity contribution is 6.31. The van der Waals surface area contributed by atoms with Crippen LogP contribution in [0, 0.1) is 5.82 Å². The van der Waals surface area contributed by atoms with Crippen molar-refractivity contribution in [3.05, 3.63) is 70.5 Å². The molecule has 0 fully saturated rings. The van der Waals surface area contributed by atoms with E-state index < -0.39 is 5.41 Å². The van der Waals surface area contributed by atoms with Gasteiger partial charge in [0.15, 0.2) is 0 Å². The highest BCUT2D eigenvalue weighted by Crippen LogP contribution is 2.34. The highest BCUT2D eigenvalue weighted by atomic mass is 35.5. The second-order valence-electron chi connectivity index (χ2n) is 4.83. The van der Waals surface area contributed by atoms with E-state index >= 15 is 0 Å². The topological polar surface area (TPSA) is 0 Å². The molecule has 0 aromatic heterocycles. The normalized spacial score (nSPS) is 11.6. The molecule has 20 heavy (non-hydrogen) atoms. The molecule has 0 atom stereocenters. The molecule has 0 unspecified atom stereocenters. The van der Waals surface area contributed by atoms with E-state index in [1.165, 1.54) is 12.1 Å². The first kappa shape index (κ1) is 15.6. The summed E-state index contributed by atoms with van der Waals surface area (Å²) in [6.07, 6.45) is 0.501. The van der Waals surface area contributed by atoms with Crippen LogP contribution in [0.1, 0.15) is 11.1 Å². The first-order chi connectivity index (χ1) is 9.61. The lowest BCUT2D eigenvalue weighted by atomic mass is 9.78. The number of rotatable bonds is 5. The standard InChI is InChI=1S/C16H14Cl3F/c17-10-16(11-18,13-4-2-1-3-5-13)9-12-8-14(20)6-7-15(12)19/h1-8H,9-11H2. The Hall–Kier alpha value is -0.760. The molecular weight excluding hydrogens is 318 g/mol. The Bertz CT molecular complexity index is 565. The summed E-state index contributed by atoms with van der Waals surface area (Å²) in [5, 5.41) is 0.530. The Morgan fingerprint density at radius 3 is 2.20 bits per heavy atom. The quantitative estimate of drug-likeness (QED) is 0.640. The van der Waals surface area contributed by atoms with Gasteiger partial charge in [-0.25, -0.2) is 4.39 Å². The smallest absolute Gasteiger partial charge is 0.123 e. The summed E-state index contributed by atoms with van der Waals surface area (Å²) in [6.45, 7) is 0. The summed E-state index contributed by atoms with van der Waals surface area (Å²) in [4.78, 5) is 0. The second-order valence-corrected chi connectivity index (χ2v) is 5.77. The molecule has 0 saturated carbocycles. The van der Waals surface area contributed by atoms with Crippen molar-refractivity contribution in [2.75, 3.05) is 11.8 Å². The van der Waals surface area contributed by atoms with Crippen LogP contribution in [0.5, 0.6) is 0 Å². The molecule has 0 spiro atoms. The summed E-state index contributed by atoms with van der Waals surface area (Å²) >= 11 is 18.5. The van der Waals surface area contributed by atoms with Crippen LogP contribution >= 0.6 is 34.8 Å². The number of alkyl halides is 2. The first-order valence-electron chi connectivity index (χ1n) is 6.23. The maximum Gasteiger partial charge on any atom is 0.123 e. The number of halogens is 4. The molecule has 2 rings (SSSR count). The van der Waals surface area contributed by atoms with Gasteiger partial charge in [-0.15, -0.1) is 23.2 Å². The third-order valence-electron chi connectivity index (χ3n) is 3.43. The Labute approximate surface area is 133 Å². The van der Waals surface area contributed by atoms with E-state index in [2.05, 4.69) is 0 Å². The van der Waals surface area contributed by atoms with Crippen LogP contribution in [-0.4, -0.2) is 11.8 Å². The maximum absolute atomic E-state index is 13.4. The molecule has 0 nitrogen and oxygen atoms in total. The maximum atomic E-state index is 13.4. The Morgan fingerprint density at radius 1 is 0.950 bits per heavy atom. The van der Waals surface area contributed by atoms with Gasteiger partial charge in [0.25, 0.3) is 0 Å². The Balaban J connectivity index is 2.42. The van der Waals surface area contributed by atoms with E-state index in [1.807, 2.05) is 30.3 Å². The predicted octanol–water partition coefficient (Wildman–Crippen LogP) is 5.44. The van der Waals surface area contributed by atoms with Crippen LogP contribution in [0.25, 0.3) is 0 Å². The molecule has 0 N–H and O–H groups in total. The number of benzene rings is 2. The molecule has 0 aliphatic heterocycles. The van der Waals surface area contributed by atoms with Crippen molar-refractivity contribution < 1.29 is 4.39 Å². The molecule has 0 aliphatic carbocycles. The minimum absolute atomic E-state index is 0.310. The lowest BCUT2D eigenvalue weighted by Crippen LogP contribution is -2.33. The largest absolute Gasteiger partial charge is 0.207 e. The van der Waals surface area contributed by atoms with Crippen LogP contribution in [0.2, 0.25) is 5.02 Å². The number of hydrogen-bond acceptors (Lipinski definition) is 0. The average Bonchev–Trinajstić information content (AvgIpc) is 2.49. The first-order valence-corrected chi connectivity index (χ1v) is 7.67. The van der Waals surface area contributed by atoms with E-state index in [4.69, 9.17) is 34.8 Å². The molecule has 4 heteroatoms. The van der Waals surface area contributed by atoms with Crippen molar-refractivity contribution in [1.29, 1.82) is 0 Å². The second kappa shape index (κ2) is 6.80. The van der Waals surface area contributed by atoms with Gasteiger partial charge in [0.2, 0.25) is 0 Å². The van der Waals surface area contributed by atoms with E-state index in [-0.39, 0.29) is 5.82 Å². The van der Waals surface area contributed by atoms with Gasteiger partial charge >= 0.3 is 0 Å². The average molecular weight is 332 g/mol. The van der Waals surface area contributed by atoms with Gasteiger partial charge in [0, 0.05) is 22.2 Å². The van der Waals surface area contributed by atoms with Crippen LogP contribution in [0.15, 0.2) is 48.5 Å². The molecule has 0 radical (unpaired) electrons. The van der Waals surface area contributed by atoms with Crippen LogP contribution < -0.4 is 0 Å². The van der Waals surface area contributed by atoms with Crippen LogP contribution in [-0.2, 0) is 11.8 Å². The lowest BCUT2D eigenvalue weighted by Gasteiger charge is -2.30. The van der Waals surface area contributed by atoms with E-state index in [0.717, 1.165) is 11.1 Å². The third-order valence-corrected chi connectivity index (χ3v) is 4.83. The highest BCUT2D eigenvalue weighted by Gasteiger charge is 2.31. The Morgan fingerprint density at radius 2 is 1.60 bits per heavy atom. The van der Waals surface area contributed by atoms with Gasteiger partial charge in [-0.1, -0.05) is 41.9 Å². The zero-order chi connectivity index (χ0) is 14.6.